The Morgan fingerprint density at radius 1 is 1.12 bits per heavy atom. The molecule has 0 fully saturated rings. The minimum Gasteiger partial charge on any atom is -0.497 e. The molecular formula is C26H23N3O3S. The van der Waals surface area contributed by atoms with Gasteiger partial charge >= 0.3 is 0 Å². The summed E-state index contributed by atoms with van der Waals surface area (Å²) in [5, 5.41) is 3.57. The van der Waals surface area contributed by atoms with Crippen LogP contribution in [0.2, 0.25) is 0 Å². The smallest absolute Gasteiger partial charge is 0.262 e. The first-order valence-corrected chi connectivity index (χ1v) is 10.8. The summed E-state index contributed by atoms with van der Waals surface area (Å²) in [4.78, 5) is 29.0. The van der Waals surface area contributed by atoms with Crippen molar-refractivity contribution in [3.05, 3.63) is 117 Å². The molecule has 0 saturated heterocycles. The van der Waals surface area contributed by atoms with Gasteiger partial charge in [0.05, 0.1) is 24.1 Å². The van der Waals surface area contributed by atoms with Gasteiger partial charge in [-0.05, 0) is 53.7 Å². The summed E-state index contributed by atoms with van der Waals surface area (Å²) in [6, 6.07) is 21.9. The molecular weight excluding hydrogens is 434 g/mol. The van der Waals surface area contributed by atoms with Gasteiger partial charge in [-0.3, -0.25) is 14.2 Å². The van der Waals surface area contributed by atoms with Gasteiger partial charge in [0, 0.05) is 12.1 Å². The van der Waals surface area contributed by atoms with Crippen LogP contribution < -0.4 is 15.6 Å². The Morgan fingerprint density at radius 2 is 1.82 bits per heavy atom. The molecule has 7 heteroatoms. The van der Waals surface area contributed by atoms with Gasteiger partial charge in [0.15, 0.2) is 4.77 Å². The van der Waals surface area contributed by atoms with E-state index in [1.165, 1.54) is 4.57 Å². The van der Waals surface area contributed by atoms with Crippen molar-refractivity contribution in [1.29, 1.82) is 0 Å². The molecule has 33 heavy (non-hydrogen) atoms. The number of benzene rings is 3. The van der Waals surface area contributed by atoms with Gasteiger partial charge in [0.2, 0.25) is 0 Å². The van der Waals surface area contributed by atoms with E-state index in [-0.39, 0.29) is 22.3 Å². The number of allylic oxidation sites excluding steroid dienone is 1. The van der Waals surface area contributed by atoms with Crippen LogP contribution in [0.1, 0.15) is 27.5 Å². The molecule has 0 aliphatic carbocycles. The number of aromatic amines is 1. The summed E-state index contributed by atoms with van der Waals surface area (Å²) >= 11 is 5.31. The first-order valence-electron chi connectivity index (χ1n) is 10.4. The third-order valence-electron chi connectivity index (χ3n) is 5.41. The van der Waals surface area contributed by atoms with Gasteiger partial charge in [0.25, 0.3) is 11.5 Å². The monoisotopic (exact) mass is 457 g/mol. The van der Waals surface area contributed by atoms with Crippen molar-refractivity contribution in [2.75, 3.05) is 7.11 Å². The zero-order valence-electron chi connectivity index (χ0n) is 18.1. The molecule has 0 saturated carbocycles. The molecule has 2 N–H and O–H groups in total. The fourth-order valence-corrected chi connectivity index (χ4v) is 3.97. The molecule has 166 valence electrons. The summed E-state index contributed by atoms with van der Waals surface area (Å²) in [6.45, 7) is 3.98. The van der Waals surface area contributed by atoms with E-state index in [0.29, 0.717) is 23.0 Å². The van der Waals surface area contributed by atoms with E-state index in [1.54, 1.807) is 31.4 Å². The third-order valence-corrected chi connectivity index (χ3v) is 5.74. The van der Waals surface area contributed by atoms with Gasteiger partial charge in [0.1, 0.15) is 5.75 Å². The van der Waals surface area contributed by atoms with Crippen LogP contribution in [0, 0.1) is 4.77 Å². The zero-order chi connectivity index (χ0) is 23.4. The van der Waals surface area contributed by atoms with Crippen LogP contribution >= 0.6 is 12.2 Å². The number of carbonyl (C=O) groups is 1. The lowest BCUT2D eigenvalue weighted by atomic mass is 9.98. The van der Waals surface area contributed by atoms with Crippen molar-refractivity contribution in [1.82, 2.24) is 14.9 Å². The predicted octanol–water partition coefficient (Wildman–Crippen LogP) is 4.77. The van der Waals surface area contributed by atoms with Gasteiger partial charge in [-0.2, -0.15) is 0 Å². The molecule has 0 aliphatic rings. The average molecular weight is 458 g/mol. The van der Waals surface area contributed by atoms with E-state index in [0.717, 1.165) is 16.9 Å². The fraction of sp³-hybridized carbons (Fsp3) is 0.115. The van der Waals surface area contributed by atoms with Crippen LogP contribution in [0.25, 0.3) is 10.9 Å². The van der Waals surface area contributed by atoms with E-state index in [2.05, 4.69) is 16.9 Å². The number of nitrogens with one attached hydrogen (secondary N) is 2. The highest BCUT2D eigenvalue weighted by Gasteiger charge is 2.19. The number of H-pyrrole nitrogens is 1. The minimum atomic E-state index is -0.362. The first-order chi connectivity index (χ1) is 16.0. The van der Waals surface area contributed by atoms with Crippen LogP contribution in [0.15, 0.2) is 90.2 Å². The number of nitrogens with zero attached hydrogens (tertiary/aromatic N) is 1. The Kier molecular flexibility index (Phi) is 6.51. The van der Waals surface area contributed by atoms with Gasteiger partial charge in [-0.15, -0.1) is 6.58 Å². The molecule has 0 aliphatic heterocycles. The first kappa shape index (κ1) is 22.2. The van der Waals surface area contributed by atoms with E-state index < -0.39 is 0 Å². The summed E-state index contributed by atoms with van der Waals surface area (Å²) < 4.78 is 6.97. The van der Waals surface area contributed by atoms with Crippen LogP contribution in [0.5, 0.6) is 5.75 Å². The summed E-state index contributed by atoms with van der Waals surface area (Å²) in [6.07, 6.45) is 1.61. The van der Waals surface area contributed by atoms with E-state index in [1.807, 2.05) is 54.6 Å². The number of amides is 1. The summed E-state index contributed by atoms with van der Waals surface area (Å²) in [7, 11) is 1.61. The highest BCUT2D eigenvalue weighted by Crippen LogP contribution is 2.25. The lowest BCUT2D eigenvalue weighted by Gasteiger charge is -2.20. The molecule has 1 amide bonds. The number of hydrogen-bond donors (Lipinski definition) is 2. The molecule has 6 nitrogen and oxygen atoms in total. The Hall–Kier alpha value is -3.97. The molecule has 3 aromatic carbocycles. The van der Waals surface area contributed by atoms with E-state index >= 15 is 0 Å². The molecule has 4 rings (SSSR count). The minimum absolute atomic E-state index is 0.221. The summed E-state index contributed by atoms with van der Waals surface area (Å²) in [5.74, 6) is 0.472. The zero-order valence-corrected chi connectivity index (χ0v) is 18.9. The number of fused-ring (bicyclic) bond motifs is 1. The number of hydrogen-bond acceptors (Lipinski definition) is 4. The molecule has 0 bridgehead atoms. The number of rotatable bonds is 7. The Balaban J connectivity index is 1.70. The van der Waals surface area contributed by atoms with Crippen molar-refractivity contribution in [2.45, 2.75) is 12.6 Å². The van der Waals surface area contributed by atoms with Crippen molar-refractivity contribution in [3.63, 3.8) is 0 Å². The van der Waals surface area contributed by atoms with Gasteiger partial charge < -0.3 is 15.0 Å². The maximum absolute atomic E-state index is 13.2. The Labute approximate surface area is 196 Å². The fourth-order valence-electron chi connectivity index (χ4n) is 3.71. The summed E-state index contributed by atoms with van der Waals surface area (Å²) in [5.41, 5.74) is 2.58. The SMILES string of the molecule is C=CCn1c(=S)[nH]c2cc(C(=O)NC(c3ccccc3)c3ccc(OC)cc3)ccc2c1=O. The second kappa shape index (κ2) is 9.67. The number of ether oxygens (including phenoxy) is 1. The van der Waals surface area contributed by atoms with Crippen LogP contribution in [0.3, 0.4) is 0 Å². The topological polar surface area (TPSA) is 76.1 Å². The molecule has 1 heterocycles. The normalized spacial score (nSPS) is 11.7. The highest BCUT2D eigenvalue weighted by atomic mass is 32.1. The van der Waals surface area contributed by atoms with E-state index in [9.17, 15) is 9.59 Å². The lowest BCUT2D eigenvalue weighted by Crippen LogP contribution is -2.29. The van der Waals surface area contributed by atoms with Crippen LogP contribution in [-0.4, -0.2) is 22.6 Å². The third kappa shape index (κ3) is 4.63. The number of carbonyl (C=O) groups excluding carboxylic acids is 1. The second-order valence-electron chi connectivity index (χ2n) is 7.49. The van der Waals surface area contributed by atoms with Crippen molar-refractivity contribution in [3.8, 4) is 5.75 Å². The number of methoxy groups -OCH3 is 1. The average Bonchev–Trinajstić information content (AvgIpc) is 2.85. The molecule has 0 radical (unpaired) electrons. The highest BCUT2D eigenvalue weighted by molar-refractivity contribution is 7.71. The molecule has 1 unspecified atom stereocenters. The quantitative estimate of drug-likeness (QED) is 0.310. The van der Waals surface area contributed by atoms with Crippen LogP contribution in [0.4, 0.5) is 0 Å². The largest absolute Gasteiger partial charge is 0.497 e. The van der Waals surface area contributed by atoms with Crippen LogP contribution in [-0.2, 0) is 6.54 Å². The van der Waals surface area contributed by atoms with Crippen molar-refractivity contribution in [2.24, 2.45) is 0 Å². The van der Waals surface area contributed by atoms with E-state index in [4.69, 9.17) is 17.0 Å². The molecule has 1 aromatic heterocycles. The molecule has 1 atom stereocenters. The number of aromatic nitrogens is 2. The maximum atomic E-state index is 13.2. The lowest BCUT2D eigenvalue weighted by molar-refractivity contribution is 0.0943. The maximum Gasteiger partial charge on any atom is 0.262 e. The van der Waals surface area contributed by atoms with Gasteiger partial charge in [-0.1, -0.05) is 48.5 Å². The Bertz CT molecular complexity index is 1420. The van der Waals surface area contributed by atoms with Crippen molar-refractivity contribution >= 4 is 29.0 Å². The standard InChI is InChI=1S/C26H23N3O3S/c1-3-15-29-25(31)21-14-11-19(16-22(21)27-26(29)33)24(30)28-23(17-7-5-4-6-8-17)18-9-12-20(32-2)13-10-18/h3-14,16,23H,1,15H2,2H3,(H,27,33)(H,28,30). The second-order valence-corrected chi connectivity index (χ2v) is 7.87. The molecule has 4 aromatic rings. The molecule has 0 spiro atoms. The van der Waals surface area contributed by atoms with Gasteiger partial charge in [-0.25, -0.2) is 0 Å². The van der Waals surface area contributed by atoms with Crippen molar-refractivity contribution < 1.29 is 9.53 Å². The predicted molar refractivity (Wildman–Crippen MR) is 132 cm³/mol. The Morgan fingerprint density at radius 3 is 2.48 bits per heavy atom.